The van der Waals surface area contributed by atoms with Crippen LogP contribution in [0.4, 0.5) is 18.9 Å². The van der Waals surface area contributed by atoms with Crippen molar-refractivity contribution in [3.63, 3.8) is 0 Å². The second-order valence-electron chi connectivity index (χ2n) is 4.80. The van der Waals surface area contributed by atoms with E-state index in [4.69, 9.17) is 4.74 Å². The van der Waals surface area contributed by atoms with Crippen LogP contribution in [0.15, 0.2) is 18.2 Å². The molecule has 0 atom stereocenters. The van der Waals surface area contributed by atoms with Crippen molar-refractivity contribution in [2.75, 3.05) is 25.2 Å². The van der Waals surface area contributed by atoms with Gasteiger partial charge < -0.3 is 9.64 Å². The number of methoxy groups -OCH3 is 1. The summed E-state index contributed by atoms with van der Waals surface area (Å²) in [4.78, 5) is 12.6. The molecule has 0 unspecified atom stereocenters. The number of nitrogens with zero attached hydrogens (tertiary/aromatic N) is 1. The number of hydrogen-bond acceptors (Lipinski definition) is 3. The maximum absolute atomic E-state index is 12.9. The van der Waals surface area contributed by atoms with Gasteiger partial charge in [-0.25, -0.2) is 0 Å². The minimum absolute atomic E-state index is 0.239. The second-order valence-corrected chi connectivity index (χ2v) is 4.80. The van der Waals surface area contributed by atoms with Gasteiger partial charge in [-0.05, 0) is 31.0 Å². The molecule has 0 aromatic heterocycles. The van der Waals surface area contributed by atoms with Gasteiger partial charge in [-0.1, -0.05) is 0 Å². The Morgan fingerprint density at radius 1 is 1.40 bits per heavy atom. The summed E-state index contributed by atoms with van der Waals surface area (Å²) in [6, 6.07) is 4.12. The van der Waals surface area contributed by atoms with Crippen molar-refractivity contribution < 1.29 is 22.7 Å². The van der Waals surface area contributed by atoms with Crippen molar-refractivity contribution in [1.29, 1.82) is 0 Å². The molecule has 0 heterocycles. The largest absolute Gasteiger partial charge is 0.417 e. The van der Waals surface area contributed by atoms with Gasteiger partial charge in [-0.3, -0.25) is 4.79 Å². The molecule has 0 N–H and O–H groups in total. The van der Waals surface area contributed by atoms with Crippen LogP contribution in [0.25, 0.3) is 0 Å². The van der Waals surface area contributed by atoms with Crippen LogP contribution in [0.3, 0.4) is 0 Å². The van der Waals surface area contributed by atoms with E-state index in [1.165, 1.54) is 6.07 Å². The van der Waals surface area contributed by atoms with Crippen LogP contribution >= 0.6 is 0 Å². The zero-order chi connectivity index (χ0) is 14.8. The number of carbonyl (C=O) groups excluding carboxylic acids is 1. The van der Waals surface area contributed by atoms with Crippen molar-refractivity contribution in [2.45, 2.75) is 25.1 Å². The Hall–Kier alpha value is -1.56. The SMILES string of the molecule is COCCN(c1ccc(C=O)c(C(F)(F)F)c1)C1CC1. The third-order valence-corrected chi connectivity index (χ3v) is 3.32. The molecular formula is C14H16F3NO2. The van der Waals surface area contributed by atoms with Gasteiger partial charge in [0, 0.05) is 30.9 Å². The van der Waals surface area contributed by atoms with Crippen molar-refractivity contribution in [3.8, 4) is 0 Å². The zero-order valence-electron chi connectivity index (χ0n) is 11.1. The molecule has 0 amide bonds. The Morgan fingerprint density at radius 3 is 2.60 bits per heavy atom. The van der Waals surface area contributed by atoms with E-state index in [2.05, 4.69) is 0 Å². The first-order valence-electron chi connectivity index (χ1n) is 6.39. The van der Waals surface area contributed by atoms with Gasteiger partial charge in [0.25, 0.3) is 0 Å². The van der Waals surface area contributed by atoms with Crippen LogP contribution in [-0.4, -0.2) is 32.6 Å². The van der Waals surface area contributed by atoms with E-state index >= 15 is 0 Å². The van der Waals surface area contributed by atoms with Crippen LogP contribution in [0, 0.1) is 0 Å². The molecule has 1 saturated carbocycles. The van der Waals surface area contributed by atoms with Gasteiger partial charge in [-0.15, -0.1) is 0 Å². The summed E-state index contributed by atoms with van der Waals surface area (Å²) in [5.41, 5.74) is -0.723. The minimum atomic E-state index is -4.53. The molecule has 0 aliphatic heterocycles. The Kier molecular flexibility index (Phi) is 4.32. The lowest BCUT2D eigenvalue weighted by atomic mass is 10.1. The predicted octanol–water partition coefficient (Wildman–Crippen LogP) is 3.13. The monoisotopic (exact) mass is 287 g/mol. The first-order chi connectivity index (χ1) is 9.47. The highest BCUT2D eigenvalue weighted by Crippen LogP contribution is 2.37. The lowest BCUT2D eigenvalue weighted by Gasteiger charge is -2.25. The summed E-state index contributed by atoms with van der Waals surface area (Å²) < 4.78 is 43.8. The summed E-state index contributed by atoms with van der Waals surface area (Å²) in [7, 11) is 1.56. The number of carbonyl (C=O) groups is 1. The molecule has 0 saturated heterocycles. The van der Waals surface area contributed by atoms with Crippen molar-refractivity contribution in [3.05, 3.63) is 29.3 Å². The molecule has 1 aliphatic carbocycles. The second kappa shape index (κ2) is 5.83. The van der Waals surface area contributed by atoms with Crippen LogP contribution in [0.1, 0.15) is 28.8 Å². The van der Waals surface area contributed by atoms with Crippen LogP contribution in [0.2, 0.25) is 0 Å². The fourth-order valence-electron chi connectivity index (χ4n) is 2.17. The van der Waals surface area contributed by atoms with E-state index in [9.17, 15) is 18.0 Å². The standard InChI is InChI=1S/C14H16F3NO2/c1-20-7-6-18(11-4-5-11)12-3-2-10(9-19)13(8-12)14(15,16)17/h2-3,8-9,11H,4-7H2,1H3. The lowest BCUT2D eigenvalue weighted by Crippen LogP contribution is -2.29. The molecule has 1 fully saturated rings. The predicted molar refractivity (Wildman–Crippen MR) is 69.1 cm³/mol. The molecule has 0 spiro atoms. The van der Waals surface area contributed by atoms with Crippen LogP contribution < -0.4 is 4.90 Å². The molecule has 1 aromatic carbocycles. The quantitative estimate of drug-likeness (QED) is 0.753. The fourth-order valence-corrected chi connectivity index (χ4v) is 2.17. The Morgan fingerprint density at radius 2 is 2.10 bits per heavy atom. The Labute approximate surface area is 115 Å². The van der Waals surface area contributed by atoms with Gasteiger partial charge >= 0.3 is 6.18 Å². The van der Waals surface area contributed by atoms with E-state index in [1.54, 1.807) is 13.2 Å². The number of alkyl halides is 3. The van der Waals surface area contributed by atoms with Crippen molar-refractivity contribution in [1.82, 2.24) is 0 Å². The maximum atomic E-state index is 12.9. The third kappa shape index (κ3) is 3.30. The summed E-state index contributed by atoms with van der Waals surface area (Å²) in [6.07, 6.45) is -2.34. The summed E-state index contributed by atoms with van der Waals surface area (Å²) in [5, 5.41) is 0. The normalized spacial score (nSPS) is 15.2. The number of ether oxygens (including phenoxy) is 1. The average Bonchev–Trinajstić information content (AvgIpc) is 3.22. The van der Waals surface area contributed by atoms with E-state index in [1.807, 2.05) is 4.90 Å². The number of hydrogen-bond donors (Lipinski definition) is 0. The van der Waals surface area contributed by atoms with Gasteiger partial charge in [-0.2, -0.15) is 13.2 Å². The van der Waals surface area contributed by atoms with E-state index in [-0.39, 0.29) is 17.9 Å². The van der Waals surface area contributed by atoms with Crippen molar-refractivity contribution >= 4 is 12.0 Å². The minimum Gasteiger partial charge on any atom is -0.383 e. The van der Waals surface area contributed by atoms with E-state index in [0.29, 0.717) is 18.8 Å². The Balaban J connectivity index is 2.33. The van der Waals surface area contributed by atoms with E-state index in [0.717, 1.165) is 18.9 Å². The maximum Gasteiger partial charge on any atom is 0.417 e. The zero-order valence-corrected chi connectivity index (χ0v) is 11.1. The summed E-state index contributed by atoms with van der Waals surface area (Å²) in [6.45, 7) is 0.992. The number of anilines is 1. The molecule has 2 rings (SSSR count). The van der Waals surface area contributed by atoms with Gasteiger partial charge in [0.15, 0.2) is 6.29 Å². The highest BCUT2D eigenvalue weighted by molar-refractivity contribution is 5.79. The molecule has 1 aliphatic rings. The summed E-state index contributed by atoms with van der Waals surface area (Å²) in [5.74, 6) is 0. The van der Waals surface area contributed by atoms with Gasteiger partial charge in [0.05, 0.1) is 12.2 Å². The molecule has 6 heteroatoms. The van der Waals surface area contributed by atoms with E-state index < -0.39 is 11.7 Å². The highest BCUT2D eigenvalue weighted by Gasteiger charge is 2.35. The Bertz CT molecular complexity index is 484. The third-order valence-electron chi connectivity index (χ3n) is 3.32. The number of halogens is 3. The first kappa shape index (κ1) is 14.8. The summed E-state index contributed by atoms with van der Waals surface area (Å²) >= 11 is 0. The fraction of sp³-hybridized carbons (Fsp3) is 0.500. The highest BCUT2D eigenvalue weighted by atomic mass is 19.4. The van der Waals surface area contributed by atoms with Crippen molar-refractivity contribution in [2.24, 2.45) is 0 Å². The number of benzene rings is 1. The smallest absolute Gasteiger partial charge is 0.383 e. The number of rotatable bonds is 6. The van der Waals surface area contributed by atoms with Crippen LogP contribution in [-0.2, 0) is 10.9 Å². The number of aldehydes is 1. The van der Waals surface area contributed by atoms with Gasteiger partial charge in [0.1, 0.15) is 0 Å². The average molecular weight is 287 g/mol. The van der Waals surface area contributed by atoms with Crippen LogP contribution in [0.5, 0.6) is 0 Å². The molecule has 0 radical (unpaired) electrons. The molecular weight excluding hydrogens is 271 g/mol. The molecule has 3 nitrogen and oxygen atoms in total. The molecule has 20 heavy (non-hydrogen) atoms. The molecule has 0 bridgehead atoms. The van der Waals surface area contributed by atoms with Gasteiger partial charge in [0.2, 0.25) is 0 Å². The lowest BCUT2D eigenvalue weighted by molar-refractivity contribution is -0.137. The first-order valence-corrected chi connectivity index (χ1v) is 6.39. The topological polar surface area (TPSA) is 29.5 Å². The molecule has 110 valence electrons. The molecule has 1 aromatic rings.